The molecular formula is C26H25ClN2O4S. The zero-order chi connectivity index (χ0) is 24.1. The van der Waals surface area contributed by atoms with Gasteiger partial charge in [0.05, 0.1) is 4.90 Å². The first-order valence-corrected chi connectivity index (χ1v) is 12.9. The summed E-state index contributed by atoms with van der Waals surface area (Å²) in [5.74, 6) is -0.410. The number of nitrogens with one attached hydrogen (secondary N) is 1. The predicted octanol–water partition coefficient (Wildman–Crippen LogP) is 4.43. The summed E-state index contributed by atoms with van der Waals surface area (Å²) < 4.78 is 28.5. The molecule has 1 atom stereocenters. The number of carbonyl (C=O) groups is 2. The first-order chi connectivity index (χ1) is 16.4. The lowest BCUT2D eigenvalue weighted by Gasteiger charge is -2.29. The van der Waals surface area contributed by atoms with Gasteiger partial charge in [-0.25, -0.2) is 8.42 Å². The van der Waals surface area contributed by atoms with Crippen LogP contribution in [-0.2, 0) is 21.4 Å². The molecule has 0 radical (unpaired) electrons. The van der Waals surface area contributed by atoms with Crippen LogP contribution in [0.4, 0.5) is 0 Å². The van der Waals surface area contributed by atoms with Crippen LogP contribution >= 0.6 is 11.6 Å². The first-order valence-electron chi connectivity index (χ1n) is 11.1. The lowest BCUT2D eigenvalue weighted by Crippen LogP contribution is -2.48. The molecule has 1 aliphatic heterocycles. The number of halogens is 1. The van der Waals surface area contributed by atoms with Crippen LogP contribution in [0.2, 0.25) is 5.02 Å². The minimum Gasteiger partial charge on any atom is -0.355 e. The molecule has 3 aromatic rings. The molecule has 0 spiro atoms. The number of sulfonamides is 1. The molecule has 0 aliphatic carbocycles. The zero-order valence-electron chi connectivity index (χ0n) is 18.5. The third-order valence-electron chi connectivity index (χ3n) is 5.86. The highest BCUT2D eigenvalue weighted by Crippen LogP contribution is 2.26. The molecule has 1 heterocycles. The molecule has 1 unspecified atom stereocenters. The Hall–Kier alpha value is -3.00. The largest absolute Gasteiger partial charge is 0.355 e. The molecule has 6 nitrogen and oxygen atoms in total. The van der Waals surface area contributed by atoms with E-state index in [1.807, 2.05) is 6.07 Å². The maximum atomic E-state index is 13.6. The van der Waals surface area contributed by atoms with E-state index < -0.39 is 16.1 Å². The zero-order valence-corrected chi connectivity index (χ0v) is 20.1. The summed E-state index contributed by atoms with van der Waals surface area (Å²) in [5.41, 5.74) is 1.77. The quantitative estimate of drug-likeness (QED) is 0.490. The summed E-state index contributed by atoms with van der Waals surface area (Å²) in [7, 11) is -3.99. The molecule has 0 aromatic heterocycles. The second-order valence-corrected chi connectivity index (χ2v) is 10.5. The summed E-state index contributed by atoms with van der Waals surface area (Å²) >= 11 is 5.95. The van der Waals surface area contributed by atoms with Gasteiger partial charge in [-0.2, -0.15) is 4.31 Å². The van der Waals surface area contributed by atoms with E-state index in [1.165, 1.54) is 28.6 Å². The van der Waals surface area contributed by atoms with Crippen molar-refractivity contribution in [3.63, 3.8) is 0 Å². The van der Waals surface area contributed by atoms with Crippen LogP contribution in [0.1, 0.15) is 40.7 Å². The fourth-order valence-corrected chi connectivity index (χ4v) is 5.73. The molecule has 4 rings (SSSR count). The van der Waals surface area contributed by atoms with E-state index in [-0.39, 0.29) is 23.1 Å². The molecule has 1 N–H and O–H groups in total. The Kier molecular flexibility index (Phi) is 7.46. The van der Waals surface area contributed by atoms with Gasteiger partial charge < -0.3 is 5.32 Å². The maximum absolute atomic E-state index is 13.6. The van der Waals surface area contributed by atoms with Crippen molar-refractivity contribution in [2.45, 2.75) is 36.7 Å². The third-order valence-corrected chi connectivity index (χ3v) is 7.99. The highest BCUT2D eigenvalue weighted by molar-refractivity contribution is 7.89. The highest BCUT2D eigenvalue weighted by atomic mass is 35.5. The van der Waals surface area contributed by atoms with Gasteiger partial charge in [-0.1, -0.05) is 66.2 Å². The molecule has 8 heteroatoms. The minimum absolute atomic E-state index is 0.00283. The van der Waals surface area contributed by atoms with E-state index in [9.17, 15) is 18.0 Å². The molecule has 3 aromatic carbocycles. The van der Waals surface area contributed by atoms with Crippen LogP contribution in [0.3, 0.4) is 0 Å². The molecule has 1 amide bonds. The number of amides is 1. The topological polar surface area (TPSA) is 83.6 Å². The lowest BCUT2D eigenvalue weighted by atomic mass is 10.0. The molecule has 34 heavy (non-hydrogen) atoms. The average Bonchev–Trinajstić information content (AvgIpc) is 3.07. The smallest absolute Gasteiger partial charge is 0.244 e. The normalized spacial score (nSPS) is 16.6. The van der Waals surface area contributed by atoms with Gasteiger partial charge in [0.2, 0.25) is 15.9 Å². The van der Waals surface area contributed by atoms with Crippen molar-refractivity contribution in [1.82, 2.24) is 9.62 Å². The van der Waals surface area contributed by atoms with Crippen molar-refractivity contribution in [3.8, 4) is 0 Å². The maximum Gasteiger partial charge on any atom is 0.244 e. The molecular weight excluding hydrogens is 472 g/mol. The number of carbonyl (C=O) groups excluding carboxylic acids is 2. The van der Waals surface area contributed by atoms with Crippen molar-refractivity contribution in [3.05, 3.63) is 101 Å². The van der Waals surface area contributed by atoms with Gasteiger partial charge in [0.15, 0.2) is 5.78 Å². The molecule has 1 fully saturated rings. The van der Waals surface area contributed by atoms with Crippen LogP contribution in [0, 0.1) is 0 Å². The molecule has 0 saturated carbocycles. The Morgan fingerprint density at radius 1 is 0.912 bits per heavy atom. The summed E-state index contributed by atoms with van der Waals surface area (Å²) in [6, 6.07) is 20.9. The Balaban J connectivity index is 1.65. The highest BCUT2D eigenvalue weighted by Gasteiger charge is 2.36. The third kappa shape index (κ3) is 5.38. The second kappa shape index (κ2) is 10.5. The van der Waals surface area contributed by atoms with E-state index in [1.54, 1.807) is 48.5 Å². The second-order valence-electron chi connectivity index (χ2n) is 8.20. The van der Waals surface area contributed by atoms with Crippen LogP contribution in [0.15, 0.2) is 83.8 Å². The van der Waals surface area contributed by atoms with Crippen LogP contribution in [0.25, 0.3) is 0 Å². The summed E-state index contributed by atoms with van der Waals surface area (Å²) in [4.78, 5) is 25.6. The number of ketones is 1. The fourth-order valence-electron chi connectivity index (χ4n) is 4.00. The molecule has 0 bridgehead atoms. The standard InChI is InChI=1S/C26H25ClN2O4S/c27-22-13-15-23(16-14-22)34(32,33)29(24-8-4-5-17-28-26(24)31)18-19-9-11-21(12-10-19)25(30)20-6-2-1-3-7-20/h1-3,6-7,9-16,24H,4-5,8,17-18H2,(H,28,31). The fraction of sp³-hybridized carbons (Fsp3) is 0.231. The van der Waals surface area contributed by atoms with E-state index in [2.05, 4.69) is 5.32 Å². The predicted molar refractivity (Wildman–Crippen MR) is 131 cm³/mol. The van der Waals surface area contributed by atoms with Crippen molar-refractivity contribution >= 4 is 33.3 Å². The van der Waals surface area contributed by atoms with Crippen LogP contribution in [-0.4, -0.2) is 37.0 Å². The van der Waals surface area contributed by atoms with Crippen molar-refractivity contribution in [1.29, 1.82) is 0 Å². The van der Waals surface area contributed by atoms with Gasteiger partial charge in [0.1, 0.15) is 6.04 Å². The Labute approximate surface area is 204 Å². The van der Waals surface area contributed by atoms with Gasteiger partial charge >= 0.3 is 0 Å². The first kappa shape index (κ1) is 24.1. The minimum atomic E-state index is -3.99. The summed E-state index contributed by atoms with van der Waals surface area (Å²) in [5, 5.41) is 3.25. The van der Waals surface area contributed by atoms with Gasteiger partial charge in [-0.15, -0.1) is 0 Å². The number of rotatable bonds is 7. The van der Waals surface area contributed by atoms with Crippen LogP contribution < -0.4 is 5.32 Å². The van der Waals surface area contributed by atoms with E-state index >= 15 is 0 Å². The Bertz CT molecular complexity index is 1260. The monoisotopic (exact) mass is 496 g/mol. The number of hydrogen-bond acceptors (Lipinski definition) is 4. The Morgan fingerprint density at radius 3 is 2.24 bits per heavy atom. The van der Waals surface area contributed by atoms with E-state index in [0.29, 0.717) is 34.7 Å². The van der Waals surface area contributed by atoms with E-state index in [0.717, 1.165) is 12.8 Å². The van der Waals surface area contributed by atoms with Gasteiger partial charge in [0, 0.05) is 29.2 Å². The van der Waals surface area contributed by atoms with Gasteiger partial charge in [-0.3, -0.25) is 9.59 Å². The summed E-state index contributed by atoms with van der Waals surface area (Å²) in [6.07, 6.45) is 1.97. The molecule has 1 saturated heterocycles. The summed E-state index contributed by atoms with van der Waals surface area (Å²) in [6.45, 7) is 0.531. The van der Waals surface area contributed by atoms with Gasteiger partial charge in [0.25, 0.3) is 0 Å². The van der Waals surface area contributed by atoms with Gasteiger partial charge in [-0.05, 0) is 49.1 Å². The van der Waals surface area contributed by atoms with E-state index in [4.69, 9.17) is 11.6 Å². The van der Waals surface area contributed by atoms with Crippen molar-refractivity contribution < 1.29 is 18.0 Å². The Morgan fingerprint density at radius 2 is 1.56 bits per heavy atom. The van der Waals surface area contributed by atoms with Crippen molar-refractivity contribution in [2.75, 3.05) is 6.54 Å². The average molecular weight is 497 g/mol. The number of nitrogens with zero attached hydrogens (tertiary/aromatic N) is 1. The molecule has 1 aliphatic rings. The SMILES string of the molecule is O=C(c1ccccc1)c1ccc(CN(C2CCCCNC2=O)S(=O)(=O)c2ccc(Cl)cc2)cc1. The molecule has 176 valence electrons. The number of hydrogen-bond donors (Lipinski definition) is 1. The van der Waals surface area contributed by atoms with Crippen LogP contribution in [0.5, 0.6) is 0 Å². The number of benzene rings is 3. The van der Waals surface area contributed by atoms with Crippen molar-refractivity contribution in [2.24, 2.45) is 0 Å². The lowest BCUT2D eigenvalue weighted by molar-refractivity contribution is -0.124.